The Morgan fingerprint density at radius 3 is 1.88 bits per heavy atom. The summed E-state index contributed by atoms with van der Waals surface area (Å²) in [6, 6.07) is 14.8. The molecule has 0 spiro atoms. The molecule has 0 amide bonds. The molecule has 202 valence electrons. The van der Waals surface area contributed by atoms with Gasteiger partial charge in [0.25, 0.3) is 0 Å². The fourth-order valence-electron chi connectivity index (χ4n) is 5.30. The number of Topliss-reactive ketones (excluding diaryl/α,β-unsaturated/α-hetero) is 2. The van der Waals surface area contributed by atoms with Crippen molar-refractivity contribution in [1.82, 2.24) is 0 Å². The van der Waals surface area contributed by atoms with Crippen molar-refractivity contribution < 1.29 is 49.7 Å². The van der Waals surface area contributed by atoms with Crippen LogP contribution in [0.25, 0.3) is 0 Å². The fourth-order valence-corrected chi connectivity index (χ4v) is 5.30. The van der Waals surface area contributed by atoms with Crippen molar-refractivity contribution in [2.24, 2.45) is 0 Å². The predicted octanol–water partition coefficient (Wildman–Crippen LogP) is 4.73. The molecule has 10 heteroatoms. The van der Waals surface area contributed by atoms with Gasteiger partial charge in [-0.3, -0.25) is 9.59 Å². The molecule has 0 aliphatic carbocycles. The lowest BCUT2D eigenvalue weighted by Crippen LogP contribution is -2.32. The van der Waals surface area contributed by atoms with Crippen LogP contribution in [0.15, 0.2) is 66.7 Å². The van der Waals surface area contributed by atoms with Crippen molar-refractivity contribution in [2.75, 3.05) is 0 Å². The van der Waals surface area contributed by atoms with Crippen LogP contribution in [0.4, 0.5) is 0 Å². The van der Waals surface area contributed by atoms with E-state index in [1.165, 1.54) is 42.5 Å². The summed E-state index contributed by atoms with van der Waals surface area (Å²) in [6.07, 6.45) is -2.20. The number of hydrogen-bond donors (Lipinski definition) is 6. The van der Waals surface area contributed by atoms with E-state index in [-0.39, 0.29) is 51.9 Å². The molecule has 0 aromatic heterocycles. The van der Waals surface area contributed by atoms with Gasteiger partial charge >= 0.3 is 0 Å². The molecule has 2 aliphatic rings. The summed E-state index contributed by atoms with van der Waals surface area (Å²) in [5.74, 6) is -4.97. The maximum atomic E-state index is 14.1. The number of phenols is 6. The van der Waals surface area contributed by atoms with Crippen molar-refractivity contribution in [2.45, 2.75) is 24.5 Å². The summed E-state index contributed by atoms with van der Waals surface area (Å²) < 4.78 is 12.3. The van der Waals surface area contributed by atoms with Crippen molar-refractivity contribution in [3.63, 3.8) is 0 Å². The first-order valence-electron chi connectivity index (χ1n) is 12.3. The van der Waals surface area contributed by atoms with Crippen LogP contribution >= 0.6 is 0 Å². The van der Waals surface area contributed by atoms with Gasteiger partial charge in [0.15, 0.2) is 11.6 Å². The van der Waals surface area contributed by atoms with Crippen LogP contribution in [0.5, 0.6) is 46.0 Å². The number of aromatic hydroxyl groups is 6. The molecule has 2 aliphatic heterocycles. The molecular formula is C30H22O10. The van der Waals surface area contributed by atoms with E-state index >= 15 is 0 Å². The molecule has 40 heavy (non-hydrogen) atoms. The van der Waals surface area contributed by atoms with Gasteiger partial charge in [-0.1, -0.05) is 24.3 Å². The second-order valence-corrected chi connectivity index (χ2v) is 9.67. The SMILES string of the molecule is O=C1C[C@@H](c2ccc(O)cc2)Oc2c1c(O)cc(O)c2[C@H]1C(=O)c2c(O)cc(O)cc2O[C@H]1c1ccc(O)cc1. The average molecular weight is 542 g/mol. The molecule has 2 heterocycles. The highest BCUT2D eigenvalue weighted by molar-refractivity contribution is 6.09. The molecule has 6 rings (SSSR count). The van der Waals surface area contributed by atoms with E-state index in [4.69, 9.17) is 9.47 Å². The first-order valence-corrected chi connectivity index (χ1v) is 12.3. The summed E-state index contributed by atoms with van der Waals surface area (Å²) in [4.78, 5) is 27.4. The molecule has 0 radical (unpaired) electrons. The van der Waals surface area contributed by atoms with Crippen LogP contribution < -0.4 is 9.47 Å². The van der Waals surface area contributed by atoms with Gasteiger partial charge in [0.1, 0.15) is 69.3 Å². The first kappa shape index (κ1) is 24.9. The van der Waals surface area contributed by atoms with E-state index in [2.05, 4.69) is 0 Å². The third-order valence-corrected chi connectivity index (χ3v) is 7.14. The molecule has 0 unspecified atom stereocenters. The number of ether oxygens (including phenoxy) is 2. The van der Waals surface area contributed by atoms with Crippen molar-refractivity contribution in [3.05, 3.63) is 94.5 Å². The summed E-state index contributed by atoms with van der Waals surface area (Å²) in [5.41, 5.74) is 0.302. The number of carbonyl (C=O) groups is 2. The van der Waals surface area contributed by atoms with Crippen molar-refractivity contribution in [1.29, 1.82) is 0 Å². The summed E-state index contributed by atoms with van der Waals surface area (Å²) >= 11 is 0. The number of phenolic OH excluding ortho intramolecular Hbond substituents is 6. The van der Waals surface area contributed by atoms with Gasteiger partial charge in [-0.15, -0.1) is 0 Å². The molecule has 4 aromatic carbocycles. The third kappa shape index (κ3) is 3.97. The molecule has 0 bridgehead atoms. The maximum Gasteiger partial charge on any atom is 0.182 e. The Morgan fingerprint density at radius 2 is 1.23 bits per heavy atom. The molecular weight excluding hydrogens is 520 g/mol. The van der Waals surface area contributed by atoms with Crippen molar-refractivity contribution >= 4 is 11.6 Å². The number of fused-ring (bicyclic) bond motifs is 2. The lowest BCUT2D eigenvalue weighted by Gasteiger charge is -2.36. The Balaban J connectivity index is 1.57. The fraction of sp³-hybridized carbons (Fsp3) is 0.133. The first-order chi connectivity index (χ1) is 19.1. The zero-order valence-corrected chi connectivity index (χ0v) is 20.6. The quantitative estimate of drug-likeness (QED) is 0.212. The van der Waals surface area contributed by atoms with E-state index in [0.29, 0.717) is 11.1 Å². The predicted molar refractivity (Wildman–Crippen MR) is 139 cm³/mol. The molecule has 4 aromatic rings. The monoisotopic (exact) mass is 542 g/mol. The molecule has 0 saturated heterocycles. The highest BCUT2D eigenvalue weighted by atomic mass is 16.5. The Labute approximate surface area is 226 Å². The smallest absolute Gasteiger partial charge is 0.182 e. The lowest BCUT2D eigenvalue weighted by molar-refractivity contribution is 0.0739. The highest BCUT2D eigenvalue weighted by Crippen LogP contribution is 2.55. The molecule has 0 saturated carbocycles. The number of carbonyl (C=O) groups excluding carboxylic acids is 2. The zero-order valence-electron chi connectivity index (χ0n) is 20.6. The number of benzene rings is 4. The summed E-state index contributed by atoms with van der Waals surface area (Å²) in [6.45, 7) is 0. The number of rotatable bonds is 3. The van der Waals surface area contributed by atoms with E-state index in [1.807, 2.05) is 0 Å². The maximum absolute atomic E-state index is 14.1. The number of ketones is 2. The lowest BCUT2D eigenvalue weighted by atomic mass is 9.78. The van der Waals surface area contributed by atoms with Gasteiger partial charge < -0.3 is 40.1 Å². The summed E-state index contributed by atoms with van der Waals surface area (Å²) in [7, 11) is 0. The van der Waals surface area contributed by atoms with E-state index in [1.54, 1.807) is 12.1 Å². The normalized spacial score (nSPS) is 19.8. The second kappa shape index (κ2) is 9.12. The molecule has 6 N–H and O–H groups in total. The average Bonchev–Trinajstić information content (AvgIpc) is 2.89. The van der Waals surface area contributed by atoms with Gasteiger partial charge in [0.05, 0.1) is 17.9 Å². The Bertz CT molecular complexity index is 1670. The minimum atomic E-state index is -1.40. The van der Waals surface area contributed by atoms with Crippen molar-refractivity contribution in [3.8, 4) is 46.0 Å². The molecule has 3 atom stereocenters. The van der Waals surface area contributed by atoms with Crippen LogP contribution in [0.1, 0.15) is 62.0 Å². The Morgan fingerprint density at radius 1 is 0.625 bits per heavy atom. The Kier molecular flexibility index (Phi) is 5.69. The van der Waals surface area contributed by atoms with Gasteiger partial charge in [-0.25, -0.2) is 0 Å². The molecule has 0 fully saturated rings. The van der Waals surface area contributed by atoms with Crippen LogP contribution in [-0.4, -0.2) is 42.2 Å². The highest BCUT2D eigenvalue weighted by Gasteiger charge is 2.46. The van der Waals surface area contributed by atoms with Crippen LogP contribution in [0, 0.1) is 0 Å². The summed E-state index contributed by atoms with van der Waals surface area (Å²) in [5, 5.41) is 61.9. The third-order valence-electron chi connectivity index (χ3n) is 7.14. The van der Waals surface area contributed by atoms with Crippen LogP contribution in [-0.2, 0) is 0 Å². The largest absolute Gasteiger partial charge is 0.508 e. The van der Waals surface area contributed by atoms with E-state index in [9.17, 15) is 40.2 Å². The second-order valence-electron chi connectivity index (χ2n) is 9.67. The van der Waals surface area contributed by atoms with Gasteiger partial charge in [-0.2, -0.15) is 0 Å². The van der Waals surface area contributed by atoms with Gasteiger partial charge in [0.2, 0.25) is 0 Å². The van der Waals surface area contributed by atoms with E-state index < -0.39 is 46.9 Å². The minimum Gasteiger partial charge on any atom is -0.508 e. The zero-order chi connectivity index (χ0) is 28.3. The number of hydrogen-bond acceptors (Lipinski definition) is 10. The minimum absolute atomic E-state index is 0.00784. The van der Waals surface area contributed by atoms with Gasteiger partial charge in [0, 0.05) is 18.2 Å². The standard InChI is InChI=1S/C30H22O10/c31-15-5-1-13(2-6-15)22-12-21(37)24-19(35)11-20(36)26(30(24)39-22)27-28(38)25-18(34)9-17(33)10-23(25)40-29(27)14-3-7-16(32)8-4-14/h1-11,22,27,29,31-36H,12H2/t22-,27-,29-/m0/s1. The van der Waals surface area contributed by atoms with Crippen LogP contribution in [0.2, 0.25) is 0 Å². The van der Waals surface area contributed by atoms with Crippen LogP contribution in [0.3, 0.4) is 0 Å². The topological polar surface area (TPSA) is 174 Å². The Hall–Kier alpha value is -5.38. The van der Waals surface area contributed by atoms with Gasteiger partial charge in [-0.05, 0) is 35.4 Å². The molecule has 10 nitrogen and oxygen atoms in total. The van der Waals surface area contributed by atoms with E-state index in [0.717, 1.165) is 12.1 Å².